The minimum Gasteiger partial charge on any atom is -0.366 e. The molecule has 2 amide bonds. The van der Waals surface area contributed by atoms with Gasteiger partial charge in [-0.25, -0.2) is 9.07 Å². The van der Waals surface area contributed by atoms with Crippen LogP contribution in [-0.2, 0) is 4.79 Å². The zero-order chi connectivity index (χ0) is 21.1. The molecule has 0 fully saturated rings. The maximum Gasteiger partial charge on any atom is 0.248 e. The number of nitrogens with two attached hydrogens (primary N) is 1. The summed E-state index contributed by atoms with van der Waals surface area (Å²) < 4.78 is 14.6. The molecular formula is C21H18ClFN4O2. The number of amides is 2. The Hall–Kier alpha value is -3.45. The van der Waals surface area contributed by atoms with Crippen molar-refractivity contribution < 1.29 is 14.0 Å². The number of halogens is 2. The number of carbonyl (C=O) groups excluding carboxylic acids is 2. The average molecular weight is 413 g/mol. The topological polar surface area (TPSA) is 90.0 Å². The fourth-order valence-corrected chi connectivity index (χ4v) is 3.15. The van der Waals surface area contributed by atoms with Crippen molar-refractivity contribution in [3.8, 4) is 5.69 Å². The normalized spacial score (nSPS) is 11.0. The number of nitrogens with zero attached hydrogens (tertiary/aromatic N) is 2. The van der Waals surface area contributed by atoms with Crippen LogP contribution in [0.4, 0.5) is 10.1 Å². The fourth-order valence-electron chi connectivity index (χ4n) is 2.81. The number of anilines is 1. The third-order valence-corrected chi connectivity index (χ3v) is 4.64. The van der Waals surface area contributed by atoms with Crippen LogP contribution in [0.2, 0.25) is 5.15 Å². The quantitative estimate of drug-likeness (QED) is 0.620. The summed E-state index contributed by atoms with van der Waals surface area (Å²) in [4.78, 5) is 23.5. The number of carbonyl (C=O) groups is 2. The van der Waals surface area contributed by atoms with Crippen molar-refractivity contribution in [1.82, 2.24) is 9.78 Å². The summed E-state index contributed by atoms with van der Waals surface area (Å²) in [6.07, 6.45) is 2.90. The monoisotopic (exact) mass is 412 g/mol. The summed E-state index contributed by atoms with van der Waals surface area (Å²) in [6.45, 7) is 3.49. The molecule has 3 rings (SSSR count). The van der Waals surface area contributed by atoms with Gasteiger partial charge in [-0.15, -0.1) is 0 Å². The number of benzene rings is 2. The minimum atomic E-state index is -0.524. The lowest BCUT2D eigenvalue weighted by molar-refractivity contribution is -0.111. The van der Waals surface area contributed by atoms with Crippen LogP contribution in [0.25, 0.3) is 11.8 Å². The lowest BCUT2D eigenvalue weighted by Crippen LogP contribution is -2.13. The second-order valence-electron chi connectivity index (χ2n) is 6.39. The van der Waals surface area contributed by atoms with Gasteiger partial charge in [0.25, 0.3) is 0 Å². The molecule has 0 aliphatic carbocycles. The summed E-state index contributed by atoms with van der Waals surface area (Å²) in [5, 5.41) is 7.36. The van der Waals surface area contributed by atoms with E-state index in [1.54, 1.807) is 50.3 Å². The zero-order valence-electron chi connectivity index (χ0n) is 15.7. The number of aryl methyl sites for hydroxylation is 2. The molecule has 0 aliphatic heterocycles. The summed E-state index contributed by atoms with van der Waals surface area (Å²) >= 11 is 6.40. The molecule has 3 N–H and O–H groups in total. The number of nitrogens with one attached hydrogen (secondary N) is 1. The first kappa shape index (κ1) is 20.3. The first-order valence-electron chi connectivity index (χ1n) is 8.67. The molecule has 0 saturated heterocycles. The van der Waals surface area contributed by atoms with Crippen LogP contribution in [0.3, 0.4) is 0 Å². The Kier molecular flexibility index (Phi) is 5.79. The van der Waals surface area contributed by atoms with Crippen LogP contribution < -0.4 is 11.1 Å². The molecule has 0 aliphatic rings. The van der Waals surface area contributed by atoms with Crippen LogP contribution in [-0.4, -0.2) is 21.6 Å². The van der Waals surface area contributed by atoms with Crippen LogP contribution in [0, 0.1) is 19.7 Å². The van der Waals surface area contributed by atoms with Gasteiger partial charge in [0.1, 0.15) is 11.0 Å². The van der Waals surface area contributed by atoms with E-state index in [4.69, 9.17) is 17.3 Å². The lowest BCUT2D eigenvalue weighted by atomic mass is 10.1. The summed E-state index contributed by atoms with van der Waals surface area (Å²) in [5.74, 6) is -1.26. The van der Waals surface area contributed by atoms with E-state index in [1.807, 2.05) is 0 Å². The molecule has 1 heterocycles. The number of primary amides is 1. The largest absolute Gasteiger partial charge is 0.366 e. The van der Waals surface area contributed by atoms with Gasteiger partial charge < -0.3 is 11.1 Å². The van der Waals surface area contributed by atoms with Gasteiger partial charge in [0.2, 0.25) is 11.8 Å². The van der Waals surface area contributed by atoms with Gasteiger partial charge in [-0.2, -0.15) is 5.10 Å². The predicted octanol–water partition coefficient (Wildman–Crippen LogP) is 4.03. The number of hydrogen-bond acceptors (Lipinski definition) is 3. The molecule has 0 spiro atoms. The van der Waals surface area contributed by atoms with Crippen molar-refractivity contribution in [3.05, 3.63) is 81.9 Å². The van der Waals surface area contributed by atoms with Gasteiger partial charge in [-0.1, -0.05) is 11.6 Å². The van der Waals surface area contributed by atoms with Crippen molar-refractivity contribution in [3.63, 3.8) is 0 Å². The van der Waals surface area contributed by atoms with E-state index in [1.165, 1.54) is 22.9 Å². The van der Waals surface area contributed by atoms with Gasteiger partial charge >= 0.3 is 0 Å². The fraction of sp³-hybridized carbons (Fsp3) is 0.0952. The Morgan fingerprint density at radius 1 is 1.17 bits per heavy atom. The highest BCUT2D eigenvalue weighted by Gasteiger charge is 2.13. The average Bonchev–Trinajstić information content (AvgIpc) is 2.94. The molecule has 6 nitrogen and oxygen atoms in total. The van der Waals surface area contributed by atoms with E-state index in [-0.39, 0.29) is 11.7 Å². The number of hydrogen-bond donors (Lipinski definition) is 2. The Morgan fingerprint density at radius 3 is 2.48 bits per heavy atom. The van der Waals surface area contributed by atoms with E-state index in [9.17, 15) is 14.0 Å². The van der Waals surface area contributed by atoms with E-state index in [0.29, 0.717) is 38.9 Å². The Morgan fingerprint density at radius 2 is 1.86 bits per heavy atom. The maximum absolute atomic E-state index is 13.1. The first-order valence-corrected chi connectivity index (χ1v) is 9.04. The number of rotatable bonds is 5. The van der Waals surface area contributed by atoms with E-state index < -0.39 is 5.91 Å². The third-order valence-electron chi connectivity index (χ3n) is 4.28. The molecule has 29 heavy (non-hydrogen) atoms. The molecule has 0 radical (unpaired) electrons. The first-order chi connectivity index (χ1) is 13.8. The molecule has 148 valence electrons. The summed E-state index contributed by atoms with van der Waals surface area (Å²) in [7, 11) is 0. The number of aromatic nitrogens is 2. The lowest BCUT2D eigenvalue weighted by Gasteiger charge is -2.06. The van der Waals surface area contributed by atoms with Crippen molar-refractivity contribution >= 4 is 35.2 Å². The zero-order valence-corrected chi connectivity index (χ0v) is 16.5. The van der Waals surface area contributed by atoms with Crippen molar-refractivity contribution in [1.29, 1.82) is 0 Å². The van der Waals surface area contributed by atoms with E-state index >= 15 is 0 Å². The van der Waals surface area contributed by atoms with Crippen molar-refractivity contribution in [2.24, 2.45) is 5.73 Å². The Labute approximate surface area is 171 Å². The molecule has 0 saturated carbocycles. The van der Waals surface area contributed by atoms with Gasteiger partial charge in [0.05, 0.1) is 11.4 Å². The SMILES string of the molecule is Cc1cc(NC(=O)/C=C/c2c(C)nn(-c3ccc(F)cc3)c2Cl)ccc1C(N)=O. The highest BCUT2D eigenvalue weighted by molar-refractivity contribution is 6.31. The summed E-state index contributed by atoms with van der Waals surface area (Å²) in [6, 6.07) is 10.6. The van der Waals surface area contributed by atoms with E-state index in [2.05, 4.69) is 10.4 Å². The van der Waals surface area contributed by atoms with Crippen LogP contribution in [0.1, 0.15) is 27.2 Å². The van der Waals surface area contributed by atoms with Crippen LogP contribution in [0.15, 0.2) is 48.5 Å². The molecule has 3 aromatic rings. The highest BCUT2D eigenvalue weighted by atomic mass is 35.5. The van der Waals surface area contributed by atoms with Crippen molar-refractivity contribution in [2.45, 2.75) is 13.8 Å². The van der Waals surface area contributed by atoms with E-state index in [0.717, 1.165) is 0 Å². The highest BCUT2D eigenvalue weighted by Crippen LogP contribution is 2.25. The molecule has 2 aromatic carbocycles. The standard InChI is InChI=1S/C21H18ClFN4O2/c1-12-11-15(5-8-17(12)21(24)29)25-19(28)10-9-18-13(2)26-27(20(18)22)16-6-3-14(23)4-7-16/h3-11H,1-2H3,(H2,24,29)(H,25,28)/b10-9+. The molecule has 0 bridgehead atoms. The van der Waals surface area contributed by atoms with Crippen molar-refractivity contribution in [2.75, 3.05) is 5.32 Å². The maximum atomic E-state index is 13.1. The van der Waals surface area contributed by atoms with Gasteiger partial charge in [0.15, 0.2) is 0 Å². The molecule has 1 aromatic heterocycles. The molecule has 8 heteroatoms. The molecule has 0 atom stereocenters. The van der Waals surface area contributed by atoms with Crippen LogP contribution >= 0.6 is 11.6 Å². The summed E-state index contributed by atoms with van der Waals surface area (Å²) in [5.41, 5.74) is 8.67. The second-order valence-corrected chi connectivity index (χ2v) is 6.75. The minimum absolute atomic E-state index is 0.305. The van der Waals surface area contributed by atoms with Crippen LogP contribution in [0.5, 0.6) is 0 Å². The van der Waals surface area contributed by atoms with Gasteiger partial charge in [0, 0.05) is 22.9 Å². The second kappa shape index (κ2) is 8.28. The van der Waals surface area contributed by atoms with Gasteiger partial charge in [-0.3, -0.25) is 9.59 Å². The van der Waals surface area contributed by atoms with Gasteiger partial charge in [-0.05, 0) is 68.0 Å². The Bertz CT molecular complexity index is 1120. The third kappa shape index (κ3) is 4.52. The molecular weight excluding hydrogens is 395 g/mol. The Balaban J connectivity index is 1.77. The smallest absolute Gasteiger partial charge is 0.248 e. The molecule has 0 unspecified atom stereocenters. The predicted molar refractivity (Wildman–Crippen MR) is 111 cm³/mol.